The molecule has 3 aliphatic heterocycles. The van der Waals surface area contributed by atoms with E-state index in [1.807, 2.05) is 0 Å². The Bertz CT molecular complexity index is 931. The van der Waals surface area contributed by atoms with Gasteiger partial charge in [0, 0.05) is 30.8 Å². The predicted octanol–water partition coefficient (Wildman–Crippen LogP) is 1.77. The summed E-state index contributed by atoms with van der Waals surface area (Å²) in [6, 6.07) is 5.27. The number of hydrogen-bond donors (Lipinski definition) is 1. The van der Waals surface area contributed by atoms with Crippen LogP contribution >= 0.6 is 0 Å². The van der Waals surface area contributed by atoms with Gasteiger partial charge in [0.1, 0.15) is 6.54 Å². The number of carbonyl (C=O) groups is 4. The molecule has 32 heavy (non-hydrogen) atoms. The number of likely N-dealkylation sites (tertiary alicyclic amines) is 2. The minimum Gasteiger partial charge on any atom is -0.454 e. The highest BCUT2D eigenvalue weighted by atomic mass is 16.7. The van der Waals surface area contributed by atoms with Crippen molar-refractivity contribution in [2.45, 2.75) is 38.5 Å². The molecule has 1 saturated carbocycles. The number of nitrogens with zero attached hydrogens (tertiary/aromatic N) is 2. The fourth-order valence-corrected chi connectivity index (χ4v) is 5.23. The van der Waals surface area contributed by atoms with Crippen molar-refractivity contribution in [3.63, 3.8) is 0 Å². The van der Waals surface area contributed by atoms with E-state index in [2.05, 4.69) is 5.32 Å². The van der Waals surface area contributed by atoms with Gasteiger partial charge in [-0.25, -0.2) is 0 Å². The molecular formula is C23H27N3O6. The normalized spacial score (nSPS) is 25.1. The zero-order valence-corrected chi connectivity index (χ0v) is 17.9. The van der Waals surface area contributed by atoms with Crippen LogP contribution in [0.3, 0.4) is 0 Å². The third-order valence-electron chi connectivity index (χ3n) is 7.08. The molecule has 0 spiro atoms. The quantitative estimate of drug-likeness (QED) is 0.714. The Labute approximate surface area is 186 Å². The SMILES string of the molecule is O=C(Nc1ccc2c(c1)OCO2)C1CCN(C(=O)CN2C(=O)[C@H]3CCCC[C@H]3C2=O)CC1. The molecule has 1 aromatic carbocycles. The van der Waals surface area contributed by atoms with Gasteiger partial charge in [-0.2, -0.15) is 0 Å². The van der Waals surface area contributed by atoms with E-state index >= 15 is 0 Å². The Morgan fingerprint density at radius 2 is 1.59 bits per heavy atom. The highest BCUT2D eigenvalue weighted by Gasteiger charge is 2.48. The highest BCUT2D eigenvalue weighted by molar-refractivity contribution is 6.07. The van der Waals surface area contributed by atoms with Gasteiger partial charge in [0.25, 0.3) is 0 Å². The van der Waals surface area contributed by atoms with Crippen LogP contribution in [0.15, 0.2) is 18.2 Å². The number of amides is 4. The molecule has 1 aliphatic carbocycles. The molecule has 9 nitrogen and oxygen atoms in total. The van der Waals surface area contributed by atoms with Crippen molar-refractivity contribution in [2.75, 3.05) is 31.7 Å². The summed E-state index contributed by atoms with van der Waals surface area (Å²) < 4.78 is 10.6. The highest BCUT2D eigenvalue weighted by Crippen LogP contribution is 2.38. The van der Waals surface area contributed by atoms with E-state index < -0.39 is 0 Å². The van der Waals surface area contributed by atoms with Crippen molar-refractivity contribution >= 4 is 29.3 Å². The number of fused-ring (bicyclic) bond motifs is 2. The first-order valence-corrected chi connectivity index (χ1v) is 11.3. The van der Waals surface area contributed by atoms with Crippen molar-refractivity contribution in [2.24, 2.45) is 17.8 Å². The molecule has 170 valence electrons. The lowest BCUT2D eigenvalue weighted by atomic mass is 9.81. The van der Waals surface area contributed by atoms with E-state index in [1.165, 1.54) is 4.90 Å². The van der Waals surface area contributed by atoms with Gasteiger partial charge in [-0.05, 0) is 37.8 Å². The number of rotatable bonds is 4. The molecule has 2 saturated heterocycles. The van der Waals surface area contributed by atoms with E-state index in [0.29, 0.717) is 43.1 Å². The number of carbonyl (C=O) groups excluding carboxylic acids is 4. The number of imide groups is 1. The maximum absolute atomic E-state index is 12.8. The second-order valence-electron chi connectivity index (χ2n) is 8.97. The molecule has 1 aromatic rings. The monoisotopic (exact) mass is 441 g/mol. The number of anilines is 1. The fraction of sp³-hybridized carbons (Fsp3) is 0.565. The molecule has 4 aliphatic rings. The smallest absolute Gasteiger partial charge is 0.242 e. The first-order valence-electron chi connectivity index (χ1n) is 11.3. The maximum atomic E-state index is 12.8. The fourth-order valence-electron chi connectivity index (χ4n) is 5.23. The molecule has 5 rings (SSSR count). The minimum absolute atomic E-state index is 0.0927. The van der Waals surface area contributed by atoms with Gasteiger partial charge in [0.05, 0.1) is 11.8 Å². The zero-order valence-electron chi connectivity index (χ0n) is 17.9. The second kappa shape index (κ2) is 8.44. The number of piperidine rings is 1. The van der Waals surface area contributed by atoms with Gasteiger partial charge in [0.2, 0.25) is 30.4 Å². The molecular weight excluding hydrogens is 414 g/mol. The van der Waals surface area contributed by atoms with Crippen LogP contribution in [0.5, 0.6) is 11.5 Å². The summed E-state index contributed by atoms with van der Waals surface area (Å²) in [6.07, 6.45) is 4.48. The van der Waals surface area contributed by atoms with Crippen LogP contribution in [-0.4, -0.2) is 59.9 Å². The zero-order chi connectivity index (χ0) is 22.2. The summed E-state index contributed by atoms with van der Waals surface area (Å²) in [5.41, 5.74) is 0.644. The third kappa shape index (κ3) is 3.80. The van der Waals surface area contributed by atoms with Gasteiger partial charge in [0.15, 0.2) is 11.5 Å². The molecule has 1 N–H and O–H groups in total. The van der Waals surface area contributed by atoms with Crippen molar-refractivity contribution < 1.29 is 28.7 Å². The standard InChI is InChI=1S/C23H27N3O6/c27-20(12-26-22(29)16-3-1-2-4-17(16)23(26)30)25-9-7-14(8-10-25)21(28)24-15-5-6-18-19(11-15)32-13-31-18/h5-6,11,14,16-17H,1-4,7-10,12-13H2,(H,24,28)/t16-,17+. The maximum Gasteiger partial charge on any atom is 0.242 e. The van der Waals surface area contributed by atoms with Crippen molar-refractivity contribution in [3.05, 3.63) is 18.2 Å². The summed E-state index contributed by atoms with van der Waals surface area (Å²) in [5.74, 6) is -0.119. The lowest BCUT2D eigenvalue weighted by molar-refractivity contribution is -0.147. The third-order valence-corrected chi connectivity index (χ3v) is 7.08. The summed E-state index contributed by atoms with van der Waals surface area (Å²) in [7, 11) is 0. The predicted molar refractivity (Wildman–Crippen MR) is 113 cm³/mol. The lowest BCUT2D eigenvalue weighted by Crippen LogP contribution is -2.47. The Morgan fingerprint density at radius 3 is 2.28 bits per heavy atom. The number of hydrogen-bond acceptors (Lipinski definition) is 6. The molecule has 4 amide bonds. The van der Waals surface area contributed by atoms with Crippen LogP contribution in [0, 0.1) is 17.8 Å². The van der Waals surface area contributed by atoms with Gasteiger partial charge in [-0.15, -0.1) is 0 Å². The Hall–Kier alpha value is -3.10. The van der Waals surface area contributed by atoms with Gasteiger partial charge in [-0.3, -0.25) is 24.1 Å². The minimum atomic E-state index is -0.241. The Morgan fingerprint density at radius 1 is 0.938 bits per heavy atom. The van der Waals surface area contributed by atoms with Crippen molar-refractivity contribution in [3.8, 4) is 11.5 Å². The van der Waals surface area contributed by atoms with Crippen LogP contribution in [0.25, 0.3) is 0 Å². The van der Waals surface area contributed by atoms with E-state index in [1.54, 1.807) is 23.1 Å². The topological polar surface area (TPSA) is 105 Å². The average Bonchev–Trinajstić information content (AvgIpc) is 3.38. The summed E-state index contributed by atoms with van der Waals surface area (Å²) >= 11 is 0. The molecule has 0 radical (unpaired) electrons. The summed E-state index contributed by atoms with van der Waals surface area (Å²) in [5, 5.41) is 2.91. The number of ether oxygens (including phenoxy) is 2. The number of nitrogens with one attached hydrogen (secondary N) is 1. The van der Waals surface area contributed by atoms with Crippen molar-refractivity contribution in [1.29, 1.82) is 0 Å². The first-order chi connectivity index (χ1) is 15.5. The van der Waals surface area contributed by atoms with Crippen LogP contribution in [0.2, 0.25) is 0 Å². The molecule has 0 unspecified atom stereocenters. The molecule has 3 fully saturated rings. The summed E-state index contributed by atoms with van der Waals surface area (Å²) in [4.78, 5) is 53.5. The van der Waals surface area contributed by atoms with Crippen molar-refractivity contribution in [1.82, 2.24) is 9.80 Å². The first kappa shape index (κ1) is 20.8. The molecule has 9 heteroatoms. The molecule has 3 heterocycles. The van der Waals surface area contributed by atoms with Crippen LogP contribution in [-0.2, 0) is 19.2 Å². The second-order valence-corrected chi connectivity index (χ2v) is 8.97. The Kier molecular flexibility index (Phi) is 5.48. The molecule has 0 aromatic heterocycles. The van der Waals surface area contributed by atoms with Crippen LogP contribution in [0.1, 0.15) is 38.5 Å². The number of benzene rings is 1. The lowest BCUT2D eigenvalue weighted by Gasteiger charge is -2.32. The van der Waals surface area contributed by atoms with E-state index in [4.69, 9.17) is 9.47 Å². The van der Waals surface area contributed by atoms with Gasteiger partial charge in [-0.1, -0.05) is 12.8 Å². The Balaban J connectivity index is 1.13. The van der Waals surface area contributed by atoms with Gasteiger partial charge < -0.3 is 19.7 Å². The summed E-state index contributed by atoms with van der Waals surface area (Å²) in [6.45, 7) is 0.857. The van der Waals surface area contributed by atoms with Crippen LogP contribution in [0.4, 0.5) is 5.69 Å². The average molecular weight is 441 g/mol. The van der Waals surface area contributed by atoms with E-state index in [0.717, 1.165) is 25.7 Å². The van der Waals surface area contributed by atoms with Crippen LogP contribution < -0.4 is 14.8 Å². The van der Waals surface area contributed by atoms with Gasteiger partial charge >= 0.3 is 0 Å². The molecule has 0 bridgehead atoms. The largest absolute Gasteiger partial charge is 0.454 e. The van der Waals surface area contributed by atoms with E-state index in [9.17, 15) is 19.2 Å². The molecule has 2 atom stereocenters. The van der Waals surface area contributed by atoms with E-state index in [-0.39, 0.29) is 54.7 Å².